The molecule has 0 saturated carbocycles. The number of carbonyl (C=O) groups excluding carboxylic acids is 1. The Morgan fingerprint density at radius 3 is 2.04 bits per heavy atom. The molecule has 134 valence electrons. The molecule has 0 aromatic rings. The molecular formula is C18H36N4O. The maximum Gasteiger partial charge on any atom is 0.236 e. The molecule has 0 radical (unpaired) electrons. The number of carbonyl (C=O) groups is 1. The molecule has 0 spiro atoms. The fourth-order valence-corrected chi connectivity index (χ4v) is 3.96. The number of rotatable bonds is 6. The van der Waals surface area contributed by atoms with Gasteiger partial charge in [0.1, 0.15) is 0 Å². The van der Waals surface area contributed by atoms with E-state index >= 15 is 0 Å². The number of piperazine rings is 1. The number of likely N-dealkylation sites (tertiary alicyclic amines) is 1. The molecule has 0 aromatic carbocycles. The SMILES string of the molecule is CCN(CC)C1CCN(CC(=O)N2CCN(C(C)C)CC2)CC1. The second-order valence-electron chi connectivity index (χ2n) is 7.24. The Bertz CT molecular complexity index is 354. The van der Waals surface area contributed by atoms with Crippen LogP contribution in [0.4, 0.5) is 0 Å². The Labute approximate surface area is 142 Å². The third-order valence-corrected chi connectivity index (χ3v) is 5.64. The summed E-state index contributed by atoms with van der Waals surface area (Å²) < 4.78 is 0. The van der Waals surface area contributed by atoms with Crippen molar-refractivity contribution in [1.29, 1.82) is 0 Å². The van der Waals surface area contributed by atoms with Crippen LogP contribution in [0, 0.1) is 0 Å². The van der Waals surface area contributed by atoms with E-state index in [9.17, 15) is 4.79 Å². The quantitative estimate of drug-likeness (QED) is 0.738. The number of piperidine rings is 1. The van der Waals surface area contributed by atoms with E-state index < -0.39 is 0 Å². The van der Waals surface area contributed by atoms with Gasteiger partial charge in [0.15, 0.2) is 0 Å². The van der Waals surface area contributed by atoms with Crippen LogP contribution in [0.15, 0.2) is 0 Å². The molecule has 2 rings (SSSR count). The van der Waals surface area contributed by atoms with Gasteiger partial charge in [-0.25, -0.2) is 0 Å². The lowest BCUT2D eigenvalue weighted by Crippen LogP contribution is -2.53. The first kappa shape index (κ1) is 18.7. The summed E-state index contributed by atoms with van der Waals surface area (Å²) >= 11 is 0. The molecule has 0 atom stereocenters. The summed E-state index contributed by atoms with van der Waals surface area (Å²) in [6.45, 7) is 17.8. The van der Waals surface area contributed by atoms with Crippen LogP contribution in [0.25, 0.3) is 0 Å². The standard InChI is InChI=1S/C18H36N4O/c1-5-20(6-2)17-7-9-19(10-8-17)15-18(23)22-13-11-21(12-14-22)16(3)4/h16-17H,5-15H2,1-4H3. The Kier molecular flexibility index (Phi) is 7.31. The predicted octanol–water partition coefficient (Wildman–Crippen LogP) is 1.35. The van der Waals surface area contributed by atoms with Gasteiger partial charge in [-0.2, -0.15) is 0 Å². The molecule has 0 N–H and O–H groups in total. The molecule has 2 aliphatic heterocycles. The summed E-state index contributed by atoms with van der Waals surface area (Å²) in [6, 6.07) is 1.30. The van der Waals surface area contributed by atoms with E-state index in [-0.39, 0.29) is 0 Å². The van der Waals surface area contributed by atoms with Crippen molar-refractivity contribution in [2.75, 3.05) is 58.9 Å². The molecule has 0 unspecified atom stereocenters. The highest BCUT2D eigenvalue weighted by atomic mass is 16.2. The van der Waals surface area contributed by atoms with E-state index in [1.54, 1.807) is 0 Å². The summed E-state index contributed by atoms with van der Waals surface area (Å²) in [7, 11) is 0. The lowest BCUT2D eigenvalue weighted by molar-refractivity contribution is -0.134. The lowest BCUT2D eigenvalue weighted by Gasteiger charge is -2.40. The highest BCUT2D eigenvalue weighted by molar-refractivity contribution is 5.78. The van der Waals surface area contributed by atoms with Crippen molar-refractivity contribution in [2.24, 2.45) is 0 Å². The number of amides is 1. The van der Waals surface area contributed by atoms with E-state index in [1.807, 2.05) is 0 Å². The van der Waals surface area contributed by atoms with Gasteiger partial charge in [-0.15, -0.1) is 0 Å². The van der Waals surface area contributed by atoms with Crippen LogP contribution in [0.3, 0.4) is 0 Å². The highest BCUT2D eigenvalue weighted by Crippen LogP contribution is 2.16. The average molecular weight is 325 g/mol. The van der Waals surface area contributed by atoms with Crippen LogP contribution >= 0.6 is 0 Å². The van der Waals surface area contributed by atoms with Crippen molar-refractivity contribution in [3.63, 3.8) is 0 Å². The molecular weight excluding hydrogens is 288 g/mol. The molecule has 2 aliphatic rings. The molecule has 23 heavy (non-hydrogen) atoms. The van der Waals surface area contributed by atoms with E-state index in [0.717, 1.165) is 52.4 Å². The van der Waals surface area contributed by atoms with Gasteiger partial charge in [0.05, 0.1) is 6.54 Å². The molecule has 0 aromatic heterocycles. The van der Waals surface area contributed by atoms with E-state index in [4.69, 9.17) is 0 Å². The number of hydrogen-bond acceptors (Lipinski definition) is 4. The summed E-state index contributed by atoms with van der Waals surface area (Å²) in [5.74, 6) is 0.328. The molecule has 0 bridgehead atoms. The van der Waals surface area contributed by atoms with Crippen molar-refractivity contribution in [3.05, 3.63) is 0 Å². The van der Waals surface area contributed by atoms with Gasteiger partial charge in [-0.3, -0.25) is 14.6 Å². The topological polar surface area (TPSA) is 30.0 Å². The first-order valence-electron chi connectivity index (χ1n) is 9.53. The highest BCUT2D eigenvalue weighted by Gasteiger charge is 2.27. The molecule has 5 nitrogen and oxygen atoms in total. The number of nitrogens with zero attached hydrogens (tertiary/aromatic N) is 4. The second-order valence-corrected chi connectivity index (χ2v) is 7.24. The zero-order chi connectivity index (χ0) is 16.8. The minimum absolute atomic E-state index is 0.328. The van der Waals surface area contributed by atoms with Crippen LogP contribution in [0.1, 0.15) is 40.5 Å². The molecule has 2 saturated heterocycles. The van der Waals surface area contributed by atoms with E-state index in [2.05, 4.69) is 47.3 Å². The molecule has 5 heteroatoms. The van der Waals surface area contributed by atoms with Gasteiger partial charge in [0.25, 0.3) is 0 Å². The lowest BCUT2D eigenvalue weighted by atomic mass is 10.0. The number of hydrogen-bond donors (Lipinski definition) is 0. The van der Waals surface area contributed by atoms with Gasteiger partial charge < -0.3 is 9.80 Å². The average Bonchev–Trinajstić information content (AvgIpc) is 2.57. The van der Waals surface area contributed by atoms with Crippen LogP contribution < -0.4 is 0 Å². The maximum absolute atomic E-state index is 12.5. The van der Waals surface area contributed by atoms with Crippen molar-refractivity contribution in [1.82, 2.24) is 19.6 Å². The van der Waals surface area contributed by atoms with Gasteiger partial charge in [-0.1, -0.05) is 13.8 Å². The van der Waals surface area contributed by atoms with E-state index in [0.29, 0.717) is 24.5 Å². The van der Waals surface area contributed by atoms with Crippen molar-refractivity contribution in [2.45, 2.75) is 52.6 Å². The summed E-state index contributed by atoms with van der Waals surface area (Å²) in [4.78, 5) is 22.0. The van der Waals surface area contributed by atoms with Gasteiger partial charge in [0, 0.05) is 51.4 Å². The Morgan fingerprint density at radius 1 is 1.00 bits per heavy atom. The van der Waals surface area contributed by atoms with Crippen LogP contribution in [0.5, 0.6) is 0 Å². The fourth-order valence-electron chi connectivity index (χ4n) is 3.96. The third kappa shape index (κ3) is 5.16. The maximum atomic E-state index is 12.5. The van der Waals surface area contributed by atoms with Crippen molar-refractivity contribution in [3.8, 4) is 0 Å². The molecule has 0 aliphatic carbocycles. The monoisotopic (exact) mass is 324 g/mol. The zero-order valence-corrected chi connectivity index (χ0v) is 15.6. The minimum atomic E-state index is 0.328. The predicted molar refractivity (Wildman–Crippen MR) is 95.7 cm³/mol. The summed E-state index contributed by atoms with van der Waals surface area (Å²) in [5.41, 5.74) is 0. The summed E-state index contributed by atoms with van der Waals surface area (Å²) in [6.07, 6.45) is 2.41. The third-order valence-electron chi connectivity index (χ3n) is 5.64. The van der Waals surface area contributed by atoms with Crippen molar-refractivity contribution < 1.29 is 4.79 Å². The largest absolute Gasteiger partial charge is 0.339 e. The van der Waals surface area contributed by atoms with Crippen molar-refractivity contribution >= 4 is 5.91 Å². The molecule has 1 amide bonds. The second kappa shape index (κ2) is 9.00. The first-order chi connectivity index (χ1) is 11.0. The van der Waals surface area contributed by atoms with Crippen LogP contribution in [-0.2, 0) is 4.79 Å². The first-order valence-corrected chi connectivity index (χ1v) is 9.53. The Hall–Kier alpha value is -0.650. The Balaban J connectivity index is 1.71. The Morgan fingerprint density at radius 2 is 1.57 bits per heavy atom. The summed E-state index contributed by atoms with van der Waals surface area (Å²) in [5, 5.41) is 0. The van der Waals surface area contributed by atoms with Gasteiger partial charge in [-0.05, 0) is 39.8 Å². The van der Waals surface area contributed by atoms with Crippen LogP contribution in [-0.4, -0.2) is 96.5 Å². The minimum Gasteiger partial charge on any atom is -0.339 e. The molecule has 2 heterocycles. The smallest absolute Gasteiger partial charge is 0.236 e. The van der Waals surface area contributed by atoms with Gasteiger partial charge in [0.2, 0.25) is 5.91 Å². The van der Waals surface area contributed by atoms with Gasteiger partial charge >= 0.3 is 0 Å². The zero-order valence-electron chi connectivity index (χ0n) is 15.6. The van der Waals surface area contributed by atoms with Crippen LogP contribution in [0.2, 0.25) is 0 Å². The van der Waals surface area contributed by atoms with E-state index in [1.165, 1.54) is 12.8 Å². The fraction of sp³-hybridized carbons (Fsp3) is 0.944. The normalized spacial score (nSPS) is 22.3. The molecule has 2 fully saturated rings.